The summed E-state index contributed by atoms with van der Waals surface area (Å²) in [5.74, 6) is -0.227. The maximum atomic E-state index is 13.4. The summed E-state index contributed by atoms with van der Waals surface area (Å²) < 4.78 is 23.0. The largest absolute Gasteiger partial charge is 0.394 e. The molecule has 0 bridgehead atoms. The number of aliphatic hydroxyl groups excluding tert-OH is 8. The Balaban J connectivity index is 1.55. The zero-order valence-electron chi connectivity index (χ0n) is 68.3. The molecule has 618 valence electrons. The van der Waals surface area contributed by atoms with Crippen LogP contribution in [-0.4, -0.2) is 140 Å². The first kappa shape index (κ1) is 98.8. The number of hydrogen-bond acceptors (Lipinski definition) is 13. The zero-order chi connectivity index (χ0) is 75.1. The number of unbranched alkanes of at least 4 members (excludes halogenated alkanes) is 67. The molecule has 12 atom stereocenters. The van der Waals surface area contributed by atoms with Gasteiger partial charge in [-0.25, -0.2) is 0 Å². The summed E-state index contributed by atoms with van der Waals surface area (Å²) in [7, 11) is 0. The van der Waals surface area contributed by atoms with E-state index >= 15 is 0 Å². The van der Waals surface area contributed by atoms with Crippen LogP contribution in [0, 0.1) is 0 Å². The molecule has 104 heavy (non-hydrogen) atoms. The lowest BCUT2D eigenvalue weighted by Gasteiger charge is -2.46. The van der Waals surface area contributed by atoms with Gasteiger partial charge in [-0.15, -0.1) is 0 Å². The molecule has 2 aliphatic heterocycles. The quantitative estimate of drug-likeness (QED) is 0.0204. The van der Waals surface area contributed by atoms with E-state index in [4.69, 9.17) is 18.9 Å². The van der Waals surface area contributed by atoms with E-state index in [-0.39, 0.29) is 18.9 Å². The second-order valence-electron chi connectivity index (χ2n) is 32.8. The maximum Gasteiger partial charge on any atom is 0.220 e. The Kier molecular flexibility index (Phi) is 70.8. The van der Waals surface area contributed by atoms with E-state index < -0.39 is 86.8 Å². The van der Waals surface area contributed by atoms with Crippen molar-refractivity contribution in [3.05, 3.63) is 12.2 Å². The smallest absolute Gasteiger partial charge is 0.220 e. The lowest BCUT2D eigenvalue weighted by Crippen LogP contribution is -2.65. The third-order valence-electron chi connectivity index (χ3n) is 23.0. The van der Waals surface area contributed by atoms with E-state index in [9.17, 15) is 45.6 Å². The minimum absolute atomic E-state index is 0.227. The topological polar surface area (TPSA) is 228 Å². The predicted octanol–water partition coefficient (Wildman–Crippen LogP) is 22.4. The van der Waals surface area contributed by atoms with Gasteiger partial charge < -0.3 is 65.1 Å². The first-order valence-electron chi connectivity index (χ1n) is 45.9. The minimum atomic E-state index is -1.79. The Hall–Kier alpha value is -1.27. The van der Waals surface area contributed by atoms with Crippen LogP contribution >= 0.6 is 0 Å². The summed E-state index contributed by atoms with van der Waals surface area (Å²) in [6, 6.07) is -0.913. The van der Waals surface area contributed by atoms with E-state index in [2.05, 4.69) is 19.2 Å². The maximum absolute atomic E-state index is 13.4. The highest BCUT2D eigenvalue weighted by Gasteiger charge is 2.51. The van der Waals surface area contributed by atoms with Crippen LogP contribution in [0.1, 0.15) is 463 Å². The number of rotatable bonds is 80. The molecule has 2 heterocycles. The number of hydrogen-bond donors (Lipinski definition) is 9. The van der Waals surface area contributed by atoms with Crippen molar-refractivity contribution in [3.63, 3.8) is 0 Å². The standard InChI is InChI=1S/C90H175NO13/c1-3-5-7-9-11-13-15-17-19-21-23-25-27-29-31-33-35-36-37-38-39-40-41-42-44-46-48-50-52-54-56-58-60-62-64-66-68-70-72-74-82(95)91-78(77-101-89-87(100)85(98)88(81(76-93)103-89)104-90-86(99)84(97)83(96)80(75-92)102-90)79(94)73-71-69-67-65-63-61-59-57-55-53-51-49-47-45-43-34-32-30-28-26-24-22-20-18-16-14-12-10-8-6-4-2/h71,73,78-81,83-90,92-94,96-100H,3-70,72,74-77H2,1-2H3,(H,91,95)/b73-71+. The van der Waals surface area contributed by atoms with Gasteiger partial charge in [0.25, 0.3) is 0 Å². The van der Waals surface area contributed by atoms with E-state index in [0.29, 0.717) is 0 Å². The molecule has 0 saturated carbocycles. The highest BCUT2D eigenvalue weighted by atomic mass is 16.7. The summed E-state index contributed by atoms with van der Waals surface area (Å²) >= 11 is 0. The van der Waals surface area contributed by atoms with Gasteiger partial charge in [0.1, 0.15) is 48.8 Å². The highest BCUT2D eigenvalue weighted by molar-refractivity contribution is 5.76. The fourth-order valence-electron chi connectivity index (χ4n) is 15.8. The van der Waals surface area contributed by atoms with Crippen molar-refractivity contribution < 1.29 is 64.6 Å². The number of ether oxygens (including phenoxy) is 4. The molecule has 2 aliphatic rings. The molecule has 0 aromatic heterocycles. The number of aliphatic hydroxyl groups is 8. The summed E-state index contributed by atoms with van der Waals surface area (Å²) in [6.07, 6.45) is 80.6. The van der Waals surface area contributed by atoms with Crippen LogP contribution in [0.2, 0.25) is 0 Å². The van der Waals surface area contributed by atoms with Gasteiger partial charge in [0, 0.05) is 6.42 Å². The van der Waals surface area contributed by atoms with Crippen LogP contribution in [0.15, 0.2) is 12.2 Å². The number of carbonyl (C=O) groups is 1. The molecule has 14 nitrogen and oxygen atoms in total. The fraction of sp³-hybridized carbons (Fsp3) is 0.967. The van der Waals surface area contributed by atoms with Gasteiger partial charge >= 0.3 is 0 Å². The van der Waals surface area contributed by atoms with Crippen LogP contribution < -0.4 is 5.32 Å². The average Bonchev–Trinajstić information content (AvgIpc) is 0.790. The Morgan fingerprint density at radius 2 is 0.596 bits per heavy atom. The lowest BCUT2D eigenvalue weighted by molar-refractivity contribution is -0.359. The van der Waals surface area contributed by atoms with Crippen molar-refractivity contribution in [1.29, 1.82) is 0 Å². The van der Waals surface area contributed by atoms with Gasteiger partial charge in [-0.05, 0) is 19.3 Å². The van der Waals surface area contributed by atoms with E-state index in [1.54, 1.807) is 6.08 Å². The van der Waals surface area contributed by atoms with Crippen molar-refractivity contribution >= 4 is 5.91 Å². The molecule has 0 aromatic carbocycles. The van der Waals surface area contributed by atoms with Gasteiger partial charge in [0.2, 0.25) is 5.91 Å². The van der Waals surface area contributed by atoms with Crippen molar-refractivity contribution in [2.75, 3.05) is 19.8 Å². The molecule has 0 spiro atoms. The van der Waals surface area contributed by atoms with Crippen LogP contribution in [0.4, 0.5) is 0 Å². The molecule has 0 aliphatic carbocycles. The monoisotopic (exact) mass is 1480 g/mol. The van der Waals surface area contributed by atoms with Crippen molar-refractivity contribution in [2.24, 2.45) is 0 Å². The van der Waals surface area contributed by atoms with Gasteiger partial charge in [-0.3, -0.25) is 4.79 Å². The highest BCUT2D eigenvalue weighted by Crippen LogP contribution is 2.31. The molecule has 12 unspecified atom stereocenters. The number of nitrogens with one attached hydrogen (secondary N) is 1. The predicted molar refractivity (Wildman–Crippen MR) is 434 cm³/mol. The van der Waals surface area contributed by atoms with E-state index in [0.717, 1.165) is 44.9 Å². The van der Waals surface area contributed by atoms with Gasteiger partial charge in [0.15, 0.2) is 12.6 Å². The van der Waals surface area contributed by atoms with Crippen LogP contribution in [-0.2, 0) is 23.7 Å². The summed E-state index contributed by atoms with van der Waals surface area (Å²) in [5, 5.41) is 87.9. The summed E-state index contributed by atoms with van der Waals surface area (Å²) in [4.78, 5) is 13.4. The van der Waals surface area contributed by atoms with Crippen LogP contribution in [0.5, 0.6) is 0 Å². The Labute approximate surface area is 641 Å². The number of allylic oxidation sites excluding steroid dienone is 1. The van der Waals surface area contributed by atoms with Gasteiger partial charge in [0.05, 0.1) is 32.0 Å². The molecule has 1 amide bonds. The Bertz CT molecular complexity index is 1790. The van der Waals surface area contributed by atoms with Crippen LogP contribution in [0.3, 0.4) is 0 Å². The van der Waals surface area contributed by atoms with E-state index in [1.807, 2.05) is 6.08 Å². The van der Waals surface area contributed by atoms with Crippen molar-refractivity contribution in [3.8, 4) is 0 Å². The normalized spacial score (nSPS) is 21.4. The summed E-state index contributed by atoms with van der Waals surface area (Å²) in [5.41, 5.74) is 0. The SMILES string of the molecule is CCCCCCCCCCCCCCCCCCCCCCCCCCCCCCC/C=C/C(O)C(COC1OC(CO)C(OC2OC(CO)C(O)C(O)C2O)C(O)C1O)NC(=O)CCCCCCCCCCCCCCCCCCCCCCCCCCCCCCCCCCCCCCCCC. The second-order valence-corrected chi connectivity index (χ2v) is 32.8. The molecule has 14 heteroatoms. The zero-order valence-corrected chi connectivity index (χ0v) is 68.3. The van der Waals surface area contributed by atoms with Gasteiger partial charge in [-0.1, -0.05) is 450 Å². The first-order chi connectivity index (χ1) is 51.1. The molecular weight excluding hydrogens is 1300 g/mol. The third-order valence-corrected chi connectivity index (χ3v) is 23.0. The van der Waals surface area contributed by atoms with Crippen LogP contribution in [0.25, 0.3) is 0 Å². The molecule has 0 radical (unpaired) electrons. The minimum Gasteiger partial charge on any atom is -0.394 e. The Morgan fingerprint density at radius 1 is 0.337 bits per heavy atom. The molecule has 0 aromatic rings. The molecule has 9 N–H and O–H groups in total. The fourth-order valence-corrected chi connectivity index (χ4v) is 15.8. The average molecular weight is 1480 g/mol. The van der Waals surface area contributed by atoms with E-state index in [1.165, 1.54) is 398 Å². The molecule has 2 rings (SSSR count). The number of carbonyl (C=O) groups excluding carboxylic acids is 1. The van der Waals surface area contributed by atoms with Crippen molar-refractivity contribution in [2.45, 2.75) is 537 Å². The number of amides is 1. The van der Waals surface area contributed by atoms with Gasteiger partial charge in [-0.2, -0.15) is 0 Å². The molecular formula is C90H175NO13. The molecule has 2 saturated heterocycles. The first-order valence-corrected chi connectivity index (χ1v) is 45.9. The third kappa shape index (κ3) is 56.0. The molecule has 2 fully saturated rings. The summed E-state index contributed by atoms with van der Waals surface area (Å²) in [6.45, 7) is 2.89. The Morgan fingerprint density at radius 3 is 0.885 bits per heavy atom. The lowest BCUT2D eigenvalue weighted by atomic mass is 9.97. The second kappa shape index (κ2) is 74.5. The van der Waals surface area contributed by atoms with Crippen molar-refractivity contribution in [1.82, 2.24) is 5.32 Å².